The molecule has 0 aliphatic carbocycles. The topological polar surface area (TPSA) is 84.0 Å². The van der Waals surface area contributed by atoms with Crippen molar-refractivity contribution in [2.75, 3.05) is 0 Å². The van der Waals surface area contributed by atoms with Gasteiger partial charge in [-0.3, -0.25) is 0 Å². The smallest absolute Gasteiger partial charge is 0.143 e. The van der Waals surface area contributed by atoms with E-state index in [0.29, 0.717) is 11.5 Å². The van der Waals surface area contributed by atoms with E-state index < -0.39 is 0 Å². The Bertz CT molecular complexity index is 583. The van der Waals surface area contributed by atoms with Gasteiger partial charge in [-0.1, -0.05) is 10.3 Å². The maximum Gasteiger partial charge on any atom is 0.143 e. The highest BCUT2D eigenvalue weighted by Gasteiger charge is 2.06. The monoisotopic (exact) mass is 258 g/mol. The van der Waals surface area contributed by atoms with Crippen molar-refractivity contribution in [2.45, 2.75) is 26.5 Å². The summed E-state index contributed by atoms with van der Waals surface area (Å²) in [4.78, 5) is 2.67. The van der Waals surface area contributed by atoms with Gasteiger partial charge in [0, 0.05) is 16.5 Å². The van der Waals surface area contributed by atoms with Crippen LogP contribution in [0.1, 0.15) is 19.6 Å². The average Bonchev–Trinajstić information content (AvgIpc) is 2.85. The van der Waals surface area contributed by atoms with Crippen molar-refractivity contribution in [2.24, 2.45) is 5.11 Å². The molecule has 0 saturated carbocycles. The molecule has 19 heavy (non-hydrogen) atoms. The molecule has 0 fully saturated rings. The molecule has 98 valence electrons. The van der Waals surface area contributed by atoms with Gasteiger partial charge in [-0.15, -0.1) is 0 Å². The maximum atomic E-state index is 8.24. The van der Waals surface area contributed by atoms with Crippen molar-refractivity contribution < 1.29 is 9.26 Å². The molecule has 0 atom stereocenters. The standard InChI is InChI=1S/C13H14N4O2/c1-9(2)18-11-5-3-10(4-6-11)13-7-12(19-16-13)8-15-17-14/h3-7,9H,8H2,1-2H3. The van der Waals surface area contributed by atoms with Gasteiger partial charge in [0.25, 0.3) is 0 Å². The minimum Gasteiger partial charge on any atom is -0.491 e. The van der Waals surface area contributed by atoms with E-state index in [0.717, 1.165) is 11.3 Å². The van der Waals surface area contributed by atoms with Gasteiger partial charge in [-0.25, -0.2) is 0 Å². The van der Waals surface area contributed by atoms with Crippen LogP contribution in [-0.2, 0) is 6.54 Å². The zero-order valence-corrected chi connectivity index (χ0v) is 10.8. The second-order valence-corrected chi connectivity index (χ2v) is 4.26. The molecule has 1 aromatic heterocycles. The van der Waals surface area contributed by atoms with Crippen LogP contribution in [0.25, 0.3) is 21.7 Å². The first-order valence-corrected chi connectivity index (χ1v) is 5.92. The fourth-order valence-corrected chi connectivity index (χ4v) is 1.60. The number of benzene rings is 1. The van der Waals surface area contributed by atoms with E-state index in [-0.39, 0.29) is 12.6 Å². The van der Waals surface area contributed by atoms with Crippen molar-refractivity contribution in [3.05, 3.63) is 46.5 Å². The summed E-state index contributed by atoms with van der Waals surface area (Å²) in [6.45, 7) is 4.12. The Morgan fingerprint density at radius 2 is 2.11 bits per heavy atom. The van der Waals surface area contributed by atoms with Crippen LogP contribution in [0.4, 0.5) is 0 Å². The van der Waals surface area contributed by atoms with Gasteiger partial charge < -0.3 is 9.26 Å². The zero-order chi connectivity index (χ0) is 13.7. The van der Waals surface area contributed by atoms with Crippen molar-refractivity contribution in [1.29, 1.82) is 0 Å². The molecule has 6 nitrogen and oxygen atoms in total. The van der Waals surface area contributed by atoms with Crippen LogP contribution in [-0.4, -0.2) is 11.3 Å². The molecule has 2 rings (SSSR count). The van der Waals surface area contributed by atoms with Crippen molar-refractivity contribution in [1.82, 2.24) is 5.16 Å². The molecule has 6 heteroatoms. The Balaban J connectivity index is 2.13. The third kappa shape index (κ3) is 3.50. The molecule has 2 aromatic rings. The second kappa shape index (κ2) is 5.93. The summed E-state index contributed by atoms with van der Waals surface area (Å²) in [6, 6.07) is 9.35. The number of hydrogen-bond donors (Lipinski definition) is 0. The van der Waals surface area contributed by atoms with E-state index in [1.165, 1.54) is 0 Å². The Morgan fingerprint density at radius 1 is 1.37 bits per heavy atom. The highest BCUT2D eigenvalue weighted by Crippen LogP contribution is 2.23. The lowest BCUT2D eigenvalue weighted by Gasteiger charge is -2.09. The van der Waals surface area contributed by atoms with Crippen LogP contribution in [0.5, 0.6) is 5.75 Å². The fourth-order valence-electron chi connectivity index (χ4n) is 1.60. The number of rotatable bonds is 5. The van der Waals surface area contributed by atoms with Crippen molar-refractivity contribution in [3.63, 3.8) is 0 Å². The third-order valence-electron chi connectivity index (χ3n) is 2.37. The zero-order valence-electron chi connectivity index (χ0n) is 10.8. The molecule has 0 aliphatic rings. The summed E-state index contributed by atoms with van der Waals surface area (Å²) < 4.78 is 10.6. The highest BCUT2D eigenvalue weighted by molar-refractivity contribution is 5.59. The Morgan fingerprint density at radius 3 is 2.74 bits per heavy atom. The fraction of sp³-hybridized carbons (Fsp3) is 0.308. The van der Waals surface area contributed by atoms with Crippen LogP contribution in [0.15, 0.2) is 40.0 Å². The number of aromatic nitrogens is 1. The summed E-state index contributed by atoms with van der Waals surface area (Å²) >= 11 is 0. The Labute approximate surface area is 110 Å². The quantitative estimate of drug-likeness (QED) is 0.462. The van der Waals surface area contributed by atoms with Gasteiger partial charge in [0.15, 0.2) is 0 Å². The van der Waals surface area contributed by atoms with E-state index in [9.17, 15) is 0 Å². The first kappa shape index (κ1) is 13.0. The lowest BCUT2D eigenvalue weighted by molar-refractivity contribution is 0.242. The minimum atomic E-state index is 0.147. The normalized spacial score (nSPS) is 10.3. The molecule has 1 aromatic carbocycles. The molecule has 0 aliphatic heterocycles. The van der Waals surface area contributed by atoms with Crippen LogP contribution >= 0.6 is 0 Å². The predicted molar refractivity (Wildman–Crippen MR) is 70.6 cm³/mol. The van der Waals surface area contributed by atoms with Gasteiger partial charge in [-0.2, -0.15) is 0 Å². The third-order valence-corrected chi connectivity index (χ3v) is 2.37. The van der Waals surface area contributed by atoms with E-state index in [4.69, 9.17) is 14.8 Å². The Kier molecular flexibility index (Phi) is 4.05. The summed E-state index contributed by atoms with van der Waals surface area (Å²) in [5, 5.41) is 7.35. The van der Waals surface area contributed by atoms with Gasteiger partial charge in [0.05, 0.1) is 12.6 Å². The molecule has 0 spiro atoms. The highest BCUT2D eigenvalue weighted by atomic mass is 16.5. The summed E-state index contributed by atoms with van der Waals surface area (Å²) in [7, 11) is 0. The molecule has 0 unspecified atom stereocenters. The second-order valence-electron chi connectivity index (χ2n) is 4.26. The maximum absolute atomic E-state index is 8.24. The van der Waals surface area contributed by atoms with Gasteiger partial charge in [-0.05, 0) is 43.6 Å². The first-order valence-electron chi connectivity index (χ1n) is 5.92. The van der Waals surface area contributed by atoms with Crippen LogP contribution < -0.4 is 4.74 Å². The van der Waals surface area contributed by atoms with Crippen LogP contribution in [0, 0.1) is 0 Å². The summed E-state index contributed by atoms with van der Waals surface area (Å²) in [5.41, 5.74) is 9.87. The molecule has 0 N–H and O–H groups in total. The van der Waals surface area contributed by atoms with E-state index in [1.54, 1.807) is 6.07 Å². The van der Waals surface area contributed by atoms with E-state index in [1.807, 2.05) is 38.1 Å². The van der Waals surface area contributed by atoms with E-state index in [2.05, 4.69) is 15.2 Å². The molecule has 0 radical (unpaired) electrons. The van der Waals surface area contributed by atoms with Gasteiger partial charge in [0.1, 0.15) is 17.2 Å². The summed E-state index contributed by atoms with van der Waals surface area (Å²) in [6.07, 6.45) is 0.147. The number of hydrogen-bond acceptors (Lipinski definition) is 4. The van der Waals surface area contributed by atoms with Crippen LogP contribution in [0.3, 0.4) is 0 Å². The predicted octanol–water partition coefficient (Wildman–Crippen LogP) is 3.94. The number of azide groups is 1. The molecule has 1 heterocycles. The lowest BCUT2D eigenvalue weighted by Crippen LogP contribution is -2.05. The van der Waals surface area contributed by atoms with E-state index >= 15 is 0 Å². The molecule has 0 saturated heterocycles. The summed E-state index contributed by atoms with van der Waals surface area (Å²) in [5.74, 6) is 1.35. The minimum absolute atomic E-state index is 0.147. The number of nitrogens with zero attached hydrogens (tertiary/aromatic N) is 4. The molecular formula is C13H14N4O2. The Hall–Kier alpha value is -2.46. The molecular weight excluding hydrogens is 244 g/mol. The molecule has 0 bridgehead atoms. The van der Waals surface area contributed by atoms with Gasteiger partial charge >= 0.3 is 0 Å². The average molecular weight is 258 g/mol. The first-order chi connectivity index (χ1) is 9.19. The van der Waals surface area contributed by atoms with Crippen LogP contribution in [0.2, 0.25) is 0 Å². The molecule has 0 amide bonds. The van der Waals surface area contributed by atoms with Crippen molar-refractivity contribution >= 4 is 0 Å². The SMILES string of the molecule is CC(C)Oc1ccc(-c2cc(CN=[N+]=[N-])on2)cc1. The van der Waals surface area contributed by atoms with Crippen molar-refractivity contribution in [3.8, 4) is 17.0 Å². The van der Waals surface area contributed by atoms with Gasteiger partial charge in [0.2, 0.25) is 0 Å². The number of ether oxygens (including phenoxy) is 1. The largest absolute Gasteiger partial charge is 0.491 e. The lowest BCUT2D eigenvalue weighted by atomic mass is 10.1.